The molecule has 0 saturated heterocycles. The first-order valence-electron chi connectivity index (χ1n) is 4.10. The first kappa shape index (κ1) is 9.78. The molecule has 1 aromatic carbocycles. The van der Waals surface area contributed by atoms with Gasteiger partial charge in [-0.25, -0.2) is 0 Å². The Hall–Kier alpha value is -0.310. The van der Waals surface area contributed by atoms with Crippen molar-refractivity contribution in [3.8, 4) is 0 Å². The third-order valence-corrected chi connectivity index (χ3v) is 2.22. The molecular weight excluding hydrogens is 259 g/mol. The van der Waals surface area contributed by atoms with Gasteiger partial charge in [-0.15, -0.1) is 0 Å². The van der Waals surface area contributed by atoms with E-state index in [0.717, 1.165) is 0 Å². The molecule has 0 spiro atoms. The van der Waals surface area contributed by atoms with Gasteiger partial charge in [-0.2, -0.15) is 0 Å². The molecule has 0 aliphatic carbocycles. The predicted molar refractivity (Wildman–Crippen MR) is 63.6 cm³/mol. The number of hydrogen-bond donors (Lipinski definition) is 0. The molecule has 1 aromatic rings. The molecule has 1 rings (SSSR count). The van der Waals surface area contributed by atoms with E-state index in [-0.39, 0.29) is 0 Å². The lowest BCUT2D eigenvalue weighted by molar-refractivity contribution is 0.866. The maximum absolute atomic E-state index is 2.23. The van der Waals surface area contributed by atoms with E-state index in [1.165, 1.54) is 11.1 Å². The van der Waals surface area contributed by atoms with Crippen molar-refractivity contribution in [3.63, 3.8) is 0 Å². The van der Waals surface area contributed by atoms with Crippen LogP contribution in [-0.2, 0) is 0 Å². The molecule has 0 unspecified atom stereocenters. The van der Waals surface area contributed by atoms with Gasteiger partial charge in [0.2, 0.25) is 0 Å². The zero-order valence-corrected chi connectivity index (χ0v) is 9.58. The van der Waals surface area contributed by atoms with Crippen LogP contribution in [0.3, 0.4) is 0 Å². The Labute approximate surface area is 87.8 Å². The van der Waals surface area contributed by atoms with Gasteiger partial charge >= 0.3 is 0 Å². The van der Waals surface area contributed by atoms with Crippen molar-refractivity contribution in [2.24, 2.45) is 0 Å². The fourth-order valence-corrected chi connectivity index (χ4v) is 1.48. The quantitative estimate of drug-likeness (QED) is 0.707. The lowest BCUT2D eigenvalue weighted by Crippen LogP contribution is -1.85. The van der Waals surface area contributed by atoms with E-state index < -0.39 is 0 Å². The van der Waals surface area contributed by atoms with Crippen molar-refractivity contribution < 1.29 is 0 Å². The van der Waals surface area contributed by atoms with Gasteiger partial charge in [0.1, 0.15) is 0 Å². The van der Waals surface area contributed by atoms with E-state index >= 15 is 0 Å². The van der Waals surface area contributed by atoms with Crippen LogP contribution in [0.15, 0.2) is 28.3 Å². The second-order valence-electron chi connectivity index (χ2n) is 3.11. The van der Waals surface area contributed by atoms with E-state index in [1.807, 2.05) is 4.08 Å². The number of rotatable bonds is 2. The van der Waals surface area contributed by atoms with Gasteiger partial charge in [0.15, 0.2) is 0 Å². The average molecular weight is 272 g/mol. The van der Waals surface area contributed by atoms with Gasteiger partial charge < -0.3 is 0 Å². The molecule has 0 N–H and O–H groups in total. The summed E-state index contributed by atoms with van der Waals surface area (Å²) in [6.45, 7) is 4.42. The van der Waals surface area contributed by atoms with Crippen LogP contribution in [0.25, 0.3) is 6.08 Å². The Morgan fingerprint density at radius 2 is 1.75 bits per heavy atom. The van der Waals surface area contributed by atoms with Gasteiger partial charge in [-0.05, 0) is 27.2 Å². The molecule has 12 heavy (non-hydrogen) atoms. The Balaban J connectivity index is 2.85. The monoisotopic (exact) mass is 272 g/mol. The van der Waals surface area contributed by atoms with Crippen molar-refractivity contribution in [2.75, 3.05) is 0 Å². The van der Waals surface area contributed by atoms with Crippen LogP contribution in [0.5, 0.6) is 0 Å². The van der Waals surface area contributed by atoms with Gasteiger partial charge in [0.25, 0.3) is 0 Å². The fourth-order valence-electron chi connectivity index (χ4n) is 1.06. The normalized spacial score (nSPS) is 11.3. The molecule has 0 bridgehead atoms. The summed E-state index contributed by atoms with van der Waals surface area (Å²) >= 11 is 2.23. The first-order valence-corrected chi connectivity index (χ1v) is 5.35. The standard InChI is InChI=1S/C11H13I/c1-9(2)11-5-3-10(4-6-11)7-8-12/h3-9H,1-2H3/b8-7+. The maximum atomic E-state index is 2.23. The SMILES string of the molecule is CC(C)c1ccc(/C=C/I)cc1. The molecule has 0 aliphatic rings. The zero-order valence-electron chi connectivity index (χ0n) is 7.42. The average Bonchev–Trinajstić information content (AvgIpc) is 2.06. The first-order chi connectivity index (χ1) is 5.74. The molecule has 64 valence electrons. The van der Waals surface area contributed by atoms with E-state index in [2.05, 4.69) is 66.8 Å². The summed E-state index contributed by atoms with van der Waals surface area (Å²) in [4.78, 5) is 0. The molecule has 0 atom stereocenters. The fraction of sp³-hybridized carbons (Fsp3) is 0.273. The Kier molecular flexibility index (Phi) is 3.79. The van der Waals surface area contributed by atoms with Crippen LogP contribution < -0.4 is 0 Å². The van der Waals surface area contributed by atoms with Crippen LogP contribution in [0, 0.1) is 0 Å². The van der Waals surface area contributed by atoms with E-state index in [0.29, 0.717) is 5.92 Å². The molecule has 0 radical (unpaired) electrons. The summed E-state index contributed by atoms with van der Waals surface area (Å²) in [5.41, 5.74) is 2.68. The molecular formula is C11H13I. The van der Waals surface area contributed by atoms with Crippen molar-refractivity contribution in [2.45, 2.75) is 19.8 Å². The second kappa shape index (κ2) is 4.65. The lowest BCUT2D eigenvalue weighted by Gasteiger charge is -2.04. The Morgan fingerprint density at radius 1 is 1.17 bits per heavy atom. The van der Waals surface area contributed by atoms with Crippen molar-refractivity contribution in [1.29, 1.82) is 0 Å². The zero-order chi connectivity index (χ0) is 8.97. The summed E-state index contributed by atoms with van der Waals surface area (Å²) < 4.78 is 2.03. The molecule has 0 nitrogen and oxygen atoms in total. The van der Waals surface area contributed by atoms with Gasteiger partial charge in [0.05, 0.1) is 0 Å². The number of benzene rings is 1. The van der Waals surface area contributed by atoms with Gasteiger partial charge in [-0.1, -0.05) is 60.7 Å². The van der Waals surface area contributed by atoms with Crippen LogP contribution in [0.1, 0.15) is 30.9 Å². The third-order valence-electron chi connectivity index (χ3n) is 1.86. The summed E-state index contributed by atoms with van der Waals surface area (Å²) in [5, 5.41) is 0. The highest BCUT2D eigenvalue weighted by molar-refractivity contribution is 14.1. The van der Waals surface area contributed by atoms with Crippen molar-refractivity contribution in [3.05, 3.63) is 39.5 Å². The molecule has 1 heteroatoms. The third kappa shape index (κ3) is 2.63. The Morgan fingerprint density at radius 3 is 2.17 bits per heavy atom. The predicted octanol–water partition coefficient (Wildman–Crippen LogP) is 4.22. The second-order valence-corrected chi connectivity index (χ2v) is 3.83. The summed E-state index contributed by atoms with van der Waals surface area (Å²) in [6.07, 6.45) is 2.10. The maximum Gasteiger partial charge on any atom is -0.0219 e. The largest absolute Gasteiger partial charge is 0.0587 e. The van der Waals surface area contributed by atoms with Crippen LogP contribution in [0.2, 0.25) is 0 Å². The topological polar surface area (TPSA) is 0 Å². The molecule has 0 fully saturated rings. The smallest absolute Gasteiger partial charge is 0.0219 e. The summed E-state index contributed by atoms with van der Waals surface area (Å²) in [5.74, 6) is 0.627. The van der Waals surface area contributed by atoms with Crippen molar-refractivity contribution in [1.82, 2.24) is 0 Å². The highest BCUT2D eigenvalue weighted by Crippen LogP contribution is 2.15. The van der Waals surface area contributed by atoms with E-state index in [1.54, 1.807) is 0 Å². The lowest BCUT2D eigenvalue weighted by atomic mass is 10.0. The molecule has 0 saturated carbocycles. The molecule has 0 heterocycles. The summed E-state index contributed by atoms with van der Waals surface area (Å²) in [6, 6.07) is 8.70. The molecule has 0 aliphatic heterocycles. The molecule has 0 aromatic heterocycles. The minimum atomic E-state index is 0.627. The van der Waals surface area contributed by atoms with Crippen LogP contribution in [0.4, 0.5) is 0 Å². The number of halogens is 1. The number of hydrogen-bond acceptors (Lipinski definition) is 0. The van der Waals surface area contributed by atoms with Crippen molar-refractivity contribution >= 4 is 28.7 Å². The highest BCUT2D eigenvalue weighted by Gasteiger charge is 1.96. The van der Waals surface area contributed by atoms with Gasteiger partial charge in [0, 0.05) is 0 Å². The van der Waals surface area contributed by atoms with E-state index in [9.17, 15) is 0 Å². The highest BCUT2D eigenvalue weighted by atomic mass is 127. The van der Waals surface area contributed by atoms with Crippen LogP contribution >= 0.6 is 22.6 Å². The van der Waals surface area contributed by atoms with Crippen LogP contribution in [-0.4, -0.2) is 0 Å². The Bertz CT molecular complexity index is 257. The minimum Gasteiger partial charge on any atom is -0.0587 e. The summed E-state index contributed by atoms with van der Waals surface area (Å²) in [7, 11) is 0. The van der Waals surface area contributed by atoms with Gasteiger partial charge in [-0.3, -0.25) is 0 Å². The van der Waals surface area contributed by atoms with E-state index in [4.69, 9.17) is 0 Å². The molecule has 0 amide bonds. The minimum absolute atomic E-state index is 0.627.